The number of benzene rings is 5. The van der Waals surface area contributed by atoms with E-state index in [1.54, 1.807) is 0 Å². The molecule has 6 rings (SSSR count). The van der Waals surface area contributed by atoms with Gasteiger partial charge in [-0.2, -0.15) is 109 Å². The van der Waals surface area contributed by atoms with Gasteiger partial charge in [0.1, 0.15) is 0 Å². The van der Waals surface area contributed by atoms with Gasteiger partial charge in [-0.05, 0) is 28.3 Å². The molecule has 1 nitrogen and oxygen atoms in total. The van der Waals surface area contributed by atoms with Crippen molar-refractivity contribution in [2.45, 2.75) is 5.92 Å². The van der Waals surface area contributed by atoms with E-state index < -0.39 is 0 Å². The molecular formula is C34H29Cl2OTi-3. The van der Waals surface area contributed by atoms with Crippen LogP contribution in [0.2, 0.25) is 0 Å². The third-order valence-electron chi connectivity index (χ3n) is 5.29. The summed E-state index contributed by atoms with van der Waals surface area (Å²) < 4.78 is 0. The molecule has 0 fully saturated rings. The predicted octanol–water partition coefficient (Wildman–Crippen LogP) is 1.76. The fourth-order valence-corrected chi connectivity index (χ4v) is 3.81. The van der Waals surface area contributed by atoms with Crippen molar-refractivity contribution in [1.82, 2.24) is 0 Å². The van der Waals surface area contributed by atoms with Crippen LogP contribution in [0, 0.1) is 18.2 Å². The Morgan fingerprint density at radius 3 is 1.50 bits per heavy atom. The Kier molecular flexibility index (Phi) is 19.5. The Bertz CT molecular complexity index is 1160. The first-order valence-corrected chi connectivity index (χ1v) is 11.5. The minimum Gasteiger partial charge on any atom is -1.00 e. The molecule has 1 unspecified atom stereocenters. The second-order valence-corrected chi connectivity index (χ2v) is 7.50. The average Bonchev–Trinajstić information content (AvgIpc) is 3.37. The Labute approximate surface area is 255 Å². The molecule has 192 valence electrons. The number of hydrogen-bond donors (Lipinski definition) is 1. The van der Waals surface area contributed by atoms with Crippen LogP contribution in [-0.4, -0.2) is 12.2 Å². The van der Waals surface area contributed by atoms with Crippen molar-refractivity contribution in [3.05, 3.63) is 180 Å². The minimum atomic E-state index is 0. The van der Waals surface area contributed by atoms with Crippen LogP contribution in [-0.2, 0) is 21.7 Å². The summed E-state index contributed by atoms with van der Waals surface area (Å²) in [6, 6.07) is 56.0. The van der Waals surface area contributed by atoms with Gasteiger partial charge in [-0.1, -0.05) is 54.6 Å². The van der Waals surface area contributed by atoms with Crippen molar-refractivity contribution in [1.29, 1.82) is 0 Å². The fraction of sp³-hybridized carbons (Fsp3) is 0.0588. The van der Waals surface area contributed by atoms with Crippen LogP contribution < -0.4 is 24.8 Å². The third kappa shape index (κ3) is 10.8. The molecule has 1 atom stereocenters. The Morgan fingerprint density at radius 2 is 1.03 bits per heavy atom. The largest absolute Gasteiger partial charge is 2.00 e. The summed E-state index contributed by atoms with van der Waals surface area (Å²) in [4.78, 5) is 0. The molecule has 38 heavy (non-hydrogen) atoms. The molecule has 0 aliphatic heterocycles. The third-order valence-corrected chi connectivity index (χ3v) is 5.29. The van der Waals surface area contributed by atoms with Crippen LogP contribution in [0.5, 0.6) is 0 Å². The minimum absolute atomic E-state index is 0. The number of halogens is 2. The number of aliphatic hydroxyl groups is 1. The fourth-order valence-electron chi connectivity index (χ4n) is 3.81. The first-order valence-electron chi connectivity index (χ1n) is 11.5. The van der Waals surface area contributed by atoms with E-state index in [0.717, 1.165) is 7.11 Å². The summed E-state index contributed by atoms with van der Waals surface area (Å²) in [5.74, 6) is 0.282. The monoisotopic (exact) mass is 571 g/mol. The maximum atomic E-state index is 7.00. The Morgan fingerprint density at radius 1 is 0.553 bits per heavy atom. The van der Waals surface area contributed by atoms with Crippen molar-refractivity contribution in [3.63, 3.8) is 0 Å². The number of allylic oxidation sites excluding steroid dienone is 1. The van der Waals surface area contributed by atoms with Gasteiger partial charge in [-0.25, -0.2) is 0 Å². The van der Waals surface area contributed by atoms with Crippen molar-refractivity contribution in [2.24, 2.45) is 0 Å². The molecule has 4 heteroatoms. The Hall–Kier alpha value is -2.91. The molecule has 0 saturated heterocycles. The molecular weight excluding hydrogens is 543 g/mol. The molecule has 0 bridgehead atoms. The van der Waals surface area contributed by atoms with Gasteiger partial charge in [0.15, 0.2) is 0 Å². The molecule has 0 amide bonds. The molecule has 1 aliphatic rings. The molecule has 5 aromatic rings. The average molecular weight is 572 g/mol. The van der Waals surface area contributed by atoms with Gasteiger partial charge in [0, 0.05) is 13.0 Å². The second-order valence-electron chi connectivity index (χ2n) is 7.50. The Balaban J connectivity index is 0.000000671. The van der Waals surface area contributed by atoms with E-state index in [1.807, 2.05) is 72.8 Å². The topological polar surface area (TPSA) is 20.2 Å². The van der Waals surface area contributed by atoms with Crippen LogP contribution >= 0.6 is 0 Å². The maximum Gasteiger partial charge on any atom is 2.00 e. The zero-order valence-corrected chi connectivity index (χ0v) is 24.2. The summed E-state index contributed by atoms with van der Waals surface area (Å²) in [6.07, 6.45) is 2.32. The van der Waals surface area contributed by atoms with Crippen molar-refractivity contribution >= 4 is 11.6 Å². The SMILES string of the molecule is CO.[Cl-].[Cl-].[Ti+2].[c-]1ccccc1.[c-]1ccccc1.[c-]1ccccc1C1C(c2ccccc2)=Cc2ccccc21. The smallest absolute Gasteiger partial charge is 1.00 e. The van der Waals surface area contributed by atoms with Gasteiger partial charge in [-0.15, -0.1) is 0 Å². The van der Waals surface area contributed by atoms with Gasteiger partial charge in [0.05, 0.1) is 0 Å². The number of fused-ring (bicyclic) bond motifs is 1. The van der Waals surface area contributed by atoms with E-state index in [2.05, 4.69) is 91.0 Å². The van der Waals surface area contributed by atoms with Crippen molar-refractivity contribution < 1.29 is 51.6 Å². The van der Waals surface area contributed by atoms with Crippen LogP contribution in [0.15, 0.2) is 140 Å². The van der Waals surface area contributed by atoms with Crippen LogP contribution in [0.3, 0.4) is 0 Å². The molecule has 1 aliphatic carbocycles. The standard InChI is InChI=1S/C21H15.2C6H5.CH4O.2ClH.Ti/c1-3-9-16(10-4-1)20-15-18-13-7-8-14-19(18)21(20)17-11-5-2-6-12-17;2*1-2-4-6-5-3-1;1-2;;;/h1-11,13-15,21H;2*1-5H;2H,1H3;2*1H;/q3*-1;;;;+2/p-2. The van der Waals surface area contributed by atoms with Crippen molar-refractivity contribution in [2.75, 3.05) is 7.11 Å². The van der Waals surface area contributed by atoms with Crippen LogP contribution in [0.4, 0.5) is 0 Å². The summed E-state index contributed by atoms with van der Waals surface area (Å²) in [7, 11) is 1.00. The molecule has 0 spiro atoms. The number of aliphatic hydroxyl groups excluding tert-OH is 1. The quantitative estimate of drug-likeness (QED) is 0.253. The van der Waals surface area contributed by atoms with Gasteiger partial charge in [-0.3, -0.25) is 0 Å². The molecule has 0 radical (unpaired) electrons. The van der Waals surface area contributed by atoms with E-state index in [-0.39, 0.29) is 52.4 Å². The van der Waals surface area contributed by atoms with Gasteiger partial charge in [0.2, 0.25) is 0 Å². The zero-order chi connectivity index (χ0) is 24.6. The number of hydrogen-bond acceptors (Lipinski definition) is 1. The molecule has 0 aromatic heterocycles. The van der Waals surface area contributed by atoms with Gasteiger partial charge >= 0.3 is 21.7 Å². The van der Waals surface area contributed by atoms with E-state index in [1.165, 1.54) is 27.8 Å². The summed E-state index contributed by atoms with van der Waals surface area (Å²) >= 11 is 0. The molecule has 0 saturated carbocycles. The predicted molar refractivity (Wildman–Crippen MR) is 147 cm³/mol. The second kappa shape index (κ2) is 21.1. The molecule has 5 aromatic carbocycles. The van der Waals surface area contributed by atoms with E-state index >= 15 is 0 Å². The van der Waals surface area contributed by atoms with Crippen LogP contribution in [0.1, 0.15) is 28.2 Å². The summed E-state index contributed by atoms with van der Waals surface area (Å²) in [6.45, 7) is 0. The first-order chi connectivity index (χ1) is 17.4. The van der Waals surface area contributed by atoms with Crippen LogP contribution in [0.25, 0.3) is 11.6 Å². The summed E-state index contributed by atoms with van der Waals surface area (Å²) in [5, 5.41) is 7.00. The van der Waals surface area contributed by atoms with E-state index in [0.29, 0.717) is 0 Å². The summed E-state index contributed by atoms with van der Waals surface area (Å²) in [5.41, 5.74) is 6.57. The molecule has 0 heterocycles. The van der Waals surface area contributed by atoms with Gasteiger partial charge < -0.3 is 29.9 Å². The van der Waals surface area contributed by atoms with E-state index in [4.69, 9.17) is 5.11 Å². The molecule has 1 N–H and O–H groups in total. The maximum absolute atomic E-state index is 7.00. The zero-order valence-electron chi connectivity index (χ0n) is 21.1. The normalized spacial score (nSPS) is 11.7. The van der Waals surface area contributed by atoms with Gasteiger partial charge in [0.25, 0.3) is 0 Å². The number of rotatable bonds is 2. The first kappa shape index (κ1) is 35.1. The van der Waals surface area contributed by atoms with E-state index in [9.17, 15) is 0 Å². The van der Waals surface area contributed by atoms with Crippen molar-refractivity contribution in [3.8, 4) is 0 Å².